The number of nitrogens with zero attached hydrogens (tertiary/aromatic N) is 4. The Hall–Kier alpha value is -1.49. The van der Waals surface area contributed by atoms with Crippen molar-refractivity contribution in [3.63, 3.8) is 0 Å². The lowest BCUT2D eigenvalue weighted by molar-refractivity contribution is 0.709. The highest BCUT2D eigenvalue weighted by Gasteiger charge is 2.17. The topological polar surface area (TPSA) is 67.3 Å². The zero-order valence-corrected chi connectivity index (χ0v) is 10.0. The van der Waals surface area contributed by atoms with Crippen LogP contribution in [0.25, 0.3) is 11.5 Å². The fourth-order valence-electron chi connectivity index (χ4n) is 2.15. The van der Waals surface area contributed by atoms with Crippen LogP contribution < -0.4 is 0 Å². The van der Waals surface area contributed by atoms with Gasteiger partial charge in [0.25, 0.3) is 0 Å². The minimum atomic E-state index is 0.560. The molecule has 1 aliphatic rings. The Bertz CT molecular complexity index is 523. The summed E-state index contributed by atoms with van der Waals surface area (Å²) in [5.74, 6) is 0.560. The molecule has 17 heavy (non-hydrogen) atoms. The Morgan fingerprint density at radius 1 is 1.12 bits per heavy atom. The summed E-state index contributed by atoms with van der Waals surface area (Å²) in [6, 6.07) is 0. The normalized spacial score (nSPS) is 15.4. The summed E-state index contributed by atoms with van der Waals surface area (Å²) >= 11 is 6.23. The van der Waals surface area contributed by atoms with Crippen LogP contribution in [0.1, 0.15) is 30.5 Å². The van der Waals surface area contributed by atoms with E-state index in [0.29, 0.717) is 16.7 Å². The van der Waals surface area contributed by atoms with Gasteiger partial charge in [-0.25, -0.2) is 9.97 Å². The summed E-state index contributed by atoms with van der Waals surface area (Å²) < 4.78 is 0. The standard InChI is InChI=1S/C11H12ClN5/c12-10-7-4-2-1-3-5-8(7)14-11(15-10)9-6-13-17-16-9/h6H,1-5H2,(H,13,16,17). The molecule has 0 radical (unpaired) electrons. The molecule has 0 bridgehead atoms. The Kier molecular flexibility index (Phi) is 2.76. The van der Waals surface area contributed by atoms with E-state index in [4.69, 9.17) is 11.6 Å². The van der Waals surface area contributed by atoms with E-state index < -0.39 is 0 Å². The highest BCUT2D eigenvalue weighted by molar-refractivity contribution is 6.30. The Morgan fingerprint density at radius 2 is 2.00 bits per heavy atom. The summed E-state index contributed by atoms with van der Waals surface area (Å²) in [6.45, 7) is 0. The summed E-state index contributed by atoms with van der Waals surface area (Å²) in [5, 5.41) is 10.9. The lowest BCUT2D eigenvalue weighted by Crippen LogP contribution is -2.02. The molecular weight excluding hydrogens is 238 g/mol. The molecule has 5 nitrogen and oxygen atoms in total. The minimum absolute atomic E-state index is 0.560. The maximum absolute atomic E-state index is 6.23. The lowest BCUT2D eigenvalue weighted by Gasteiger charge is -2.07. The van der Waals surface area contributed by atoms with Crippen LogP contribution in [0.5, 0.6) is 0 Å². The lowest BCUT2D eigenvalue weighted by atomic mass is 10.1. The number of hydrogen-bond donors (Lipinski definition) is 1. The second-order valence-electron chi connectivity index (χ2n) is 4.18. The van der Waals surface area contributed by atoms with Gasteiger partial charge in [0.1, 0.15) is 10.8 Å². The number of H-pyrrole nitrogens is 1. The molecule has 88 valence electrons. The highest BCUT2D eigenvalue weighted by Crippen LogP contribution is 2.26. The van der Waals surface area contributed by atoms with E-state index in [1.54, 1.807) is 6.20 Å². The van der Waals surface area contributed by atoms with Gasteiger partial charge in [-0.05, 0) is 25.7 Å². The van der Waals surface area contributed by atoms with Crippen molar-refractivity contribution in [3.8, 4) is 11.5 Å². The third-order valence-corrected chi connectivity index (χ3v) is 3.34. The second-order valence-corrected chi connectivity index (χ2v) is 4.54. The van der Waals surface area contributed by atoms with Gasteiger partial charge in [-0.2, -0.15) is 15.4 Å². The van der Waals surface area contributed by atoms with Crippen LogP contribution in [-0.4, -0.2) is 25.4 Å². The van der Waals surface area contributed by atoms with Crippen LogP contribution in [0.4, 0.5) is 0 Å². The van der Waals surface area contributed by atoms with Gasteiger partial charge >= 0.3 is 0 Å². The molecule has 1 N–H and O–H groups in total. The third kappa shape index (κ3) is 2.02. The fourth-order valence-corrected chi connectivity index (χ4v) is 2.43. The molecule has 2 aromatic rings. The van der Waals surface area contributed by atoms with Crippen molar-refractivity contribution in [2.45, 2.75) is 32.1 Å². The van der Waals surface area contributed by atoms with Crippen molar-refractivity contribution in [2.75, 3.05) is 0 Å². The third-order valence-electron chi connectivity index (χ3n) is 3.03. The quantitative estimate of drug-likeness (QED) is 0.621. The zero-order chi connectivity index (χ0) is 11.7. The Balaban J connectivity index is 2.09. The van der Waals surface area contributed by atoms with Crippen LogP contribution in [0.2, 0.25) is 5.15 Å². The van der Waals surface area contributed by atoms with E-state index in [-0.39, 0.29) is 0 Å². The molecule has 0 spiro atoms. The number of rotatable bonds is 1. The highest BCUT2D eigenvalue weighted by atomic mass is 35.5. The van der Waals surface area contributed by atoms with Crippen molar-refractivity contribution in [1.82, 2.24) is 25.4 Å². The second kappa shape index (κ2) is 4.41. The smallest absolute Gasteiger partial charge is 0.183 e. The maximum atomic E-state index is 6.23. The van der Waals surface area contributed by atoms with Gasteiger partial charge in [0, 0.05) is 11.3 Å². The number of nitrogens with one attached hydrogen (secondary N) is 1. The summed E-state index contributed by atoms with van der Waals surface area (Å²) in [4.78, 5) is 8.86. The first-order valence-corrected chi connectivity index (χ1v) is 6.14. The van der Waals surface area contributed by atoms with Crippen molar-refractivity contribution in [3.05, 3.63) is 22.6 Å². The van der Waals surface area contributed by atoms with Crippen LogP contribution in [0.3, 0.4) is 0 Å². The summed E-state index contributed by atoms with van der Waals surface area (Å²) in [5.41, 5.74) is 2.82. The molecule has 3 rings (SSSR count). The van der Waals surface area contributed by atoms with Crippen LogP contribution in [-0.2, 0) is 12.8 Å². The van der Waals surface area contributed by atoms with Crippen molar-refractivity contribution >= 4 is 11.6 Å². The maximum Gasteiger partial charge on any atom is 0.183 e. The van der Waals surface area contributed by atoms with Gasteiger partial charge in [-0.3, -0.25) is 0 Å². The van der Waals surface area contributed by atoms with E-state index in [1.165, 1.54) is 19.3 Å². The molecule has 0 aromatic carbocycles. The van der Waals surface area contributed by atoms with Crippen LogP contribution in [0, 0.1) is 0 Å². The summed E-state index contributed by atoms with van der Waals surface area (Å²) in [7, 11) is 0. The molecule has 0 saturated carbocycles. The molecule has 0 saturated heterocycles. The number of aromatic nitrogens is 5. The molecule has 0 atom stereocenters. The van der Waals surface area contributed by atoms with Crippen molar-refractivity contribution in [1.29, 1.82) is 0 Å². The van der Waals surface area contributed by atoms with Crippen molar-refractivity contribution < 1.29 is 0 Å². The van der Waals surface area contributed by atoms with E-state index in [9.17, 15) is 0 Å². The molecule has 0 amide bonds. The molecule has 0 aliphatic heterocycles. The molecule has 2 heterocycles. The first-order valence-electron chi connectivity index (χ1n) is 5.76. The fraction of sp³-hybridized carbons (Fsp3) is 0.455. The van der Waals surface area contributed by atoms with Crippen LogP contribution >= 0.6 is 11.6 Å². The molecule has 0 fully saturated rings. The van der Waals surface area contributed by atoms with Gasteiger partial charge in [0.05, 0.1) is 6.20 Å². The van der Waals surface area contributed by atoms with E-state index >= 15 is 0 Å². The summed E-state index contributed by atoms with van der Waals surface area (Å²) in [6.07, 6.45) is 7.12. The SMILES string of the molecule is Clc1nc(-c2cn[nH]n2)nc2c1CCCCC2. The van der Waals surface area contributed by atoms with Gasteiger partial charge in [-0.15, -0.1) is 0 Å². The molecular formula is C11H12ClN5. The number of fused-ring (bicyclic) bond motifs is 1. The van der Waals surface area contributed by atoms with Crippen molar-refractivity contribution in [2.24, 2.45) is 0 Å². The monoisotopic (exact) mass is 249 g/mol. The number of halogens is 1. The minimum Gasteiger partial charge on any atom is -0.231 e. The van der Waals surface area contributed by atoms with E-state index in [0.717, 1.165) is 24.1 Å². The number of aryl methyl sites for hydroxylation is 1. The molecule has 1 aliphatic carbocycles. The average Bonchev–Trinajstić information content (AvgIpc) is 2.75. The first kappa shape index (κ1) is 10.7. The van der Waals surface area contributed by atoms with Gasteiger partial charge in [0.2, 0.25) is 0 Å². The average molecular weight is 250 g/mol. The number of aromatic amines is 1. The molecule has 2 aromatic heterocycles. The predicted octanol–water partition coefficient (Wildman–Crippen LogP) is 2.18. The number of hydrogen-bond acceptors (Lipinski definition) is 4. The van der Waals surface area contributed by atoms with Crippen LogP contribution in [0.15, 0.2) is 6.20 Å². The van der Waals surface area contributed by atoms with E-state index in [1.807, 2.05) is 0 Å². The first-order chi connectivity index (χ1) is 8.34. The largest absolute Gasteiger partial charge is 0.231 e. The zero-order valence-electron chi connectivity index (χ0n) is 9.28. The van der Waals surface area contributed by atoms with Gasteiger partial charge < -0.3 is 0 Å². The molecule has 6 heteroatoms. The predicted molar refractivity (Wildman–Crippen MR) is 63.7 cm³/mol. The molecule has 0 unspecified atom stereocenters. The van der Waals surface area contributed by atoms with Gasteiger partial charge in [-0.1, -0.05) is 18.0 Å². The van der Waals surface area contributed by atoms with Gasteiger partial charge in [0.15, 0.2) is 5.82 Å². The van der Waals surface area contributed by atoms with E-state index in [2.05, 4.69) is 25.4 Å². The Morgan fingerprint density at radius 3 is 2.82 bits per heavy atom. The Labute approximate surface area is 104 Å².